The molecule has 0 spiro atoms. The number of hydrazone groups is 1. The predicted octanol–water partition coefficient (Wildman–Crippen LogP) is 2.75. The zero-order valence-corrected chi connectivity index (χ0v) is 13.1. The molecule has 5 nitrogen and oxygen atoms in total. The van der Waals surface area contributed by atoms with Crippen LogP contribution in [0.25, 0.3) is 0 Å². The normalized spacial score (nSPS) is 11.1. The first kappa shape index (κ1) is 17.3. The number of amides is 2. The highest BCUT2D eigenvalue weighted by Gasteiger charge is 2.14. The highest BCUT2D eigenvalue weighted by Crippen LogP contribution is 2.10. The Morgan fingerprint density at radius 1 is 1.00 bits per heavy atom. The molecule has 2 N–H and O–H groups in total. The minimum atomic E-state index is -1.00. The van der Waals surface area contributed by atoms with Crippen molar-refractivity contribution in [3.8, 4) is 0 Å². The van der Waals surface area contributed by atoms with Gasteiger partial charge in [0.25, 0.3) is 0 Å². The summed E-state index contributed by atoms with van der Waals surface area (Å²) < 4.78 is 26.5. The number of halogens is 2. The van der Waals surface area contributed by atoms with Crippen molar-refractivity contribution < 1.29 is 18.4 Å². The fourth-order valence-electron chi connectivity index (χ4n) is 1.85. The van der Waals surface area contributed by atoms with Crippen LogP contribution in [0.2, 0.25) is 0 Å². The second kappa shape index (κ2) is 7.45. The Hall–Kier alpha value is -3.09. The van der Waals surface area contributed by atoms with E-state index in [0.29, 0.717) is 11.8 Å². The standard InChI is InChI=1S/C17H15F2N3O2/c1-10-3-6-13(7-4-10)20-16(23)17(24)22-21-11(2)14-8-5-12(18)9-15(14)19/h3-9H,1-2H3,(H,20,23)(H,22,24)/b21-11-. The van der Waals surface area contributed by atoms with Crippen molar-refractivity contribution in [1.29, 1.82) is 0 Å². The number of anilines is 1. The summed E-state index contributed by atoms with van der Waals surface area (Å²) in [7, 11) is 0. The van der Waals surface area contributed by atoms with Crippen molar-refractivity contribution in [1.82, 2.24) is 5.43 Å². The summed E-state index contributed by atoms with van der Waals surface area (Å²) in [5.74, 6) is -3.44. The third-order valence-corrected chi connectivity index (χ3v) is 3.16. The molecule has 2 amide bonds. The zero-order valence-electron chi connectivity index (χ0n) is 13.1. The molecule has 0 atom stereocenters. The second-order valence-electron chi connectivity index (χ2n) is 5.08. The Balaban J connectivity index is 2.00. The van der Waals surface area contributed by atoms with E-state index in [0.717, 1.165) is 11.6 Å². The first-order chi connectivity index (χ1) is 11.4. The van der Waals surface area contributed by atoms with Crippen molar-refractivity contribution >= 4 is 23.2 Å². The van der Waals surface area contributed by atoms with E-state index >= 15 is 0 Å². The third-order valence-electron chi connectivity index (χ3n) is 3.16. The van der Waals surface area contributed by atoms with Crippen molar-refractivity contribution in [2.24, 2.45) is 5.10 Å². The molecule has 2 rings (SSSR count). The van der Waals surface area contributed by atoms with Crippen LogP contribution in [0.4, 0.5) is 14.5 Å². The minimum absolute atomic E-state index is 0.0237. The molecule has 0 aromatic heterocycles. The lowest BCUT2D eigenvalue weighted by Gasteiger charge is -2.06. The molecule has 0 unspecified atom stereocenters. The van der Waals surface area contributed by atoms with Crippen LogP contribution < -0.4 is 10.7 Å². The maximum atomic E-state index is 13.6. The van der Waals surface area contributed by atoms with Gasteiger partial charge < -0.3 is 5.32 Å². The molecule has 7 heteroatoms. The van der Waals surface area contributed by atoms with E-state index in [1.807, 2.05) is 12.3 Å². The molecule has 0 aliphatic carbocycles. The van der Waals surface area contributed by atoms with Crippen LogP contribution in [0.3, 0.4) is 0 Å². The minimum Gasteiger partial charge on any atom is -0.318 e. The Bertz CT molecular complexity index is 802. The van der Waals surface area contributed by atoms with Gasteiger partial charge in [-0.2, -0.15) is 5.10 Å². The molecule has 24 heavy (non-hydrogen) atoms. The number of nitrogens with one attached hydrogen (secondary N) is 2. The van der Waals surface area contributed by atoms with Crippen LogP contribution in [-0.4, -0.2) is 17.5 Å². The number of hydrogen-bond donors (Lipinski definition) is 2. The summed E-state index contributed by atoms with van der Waals surface area (Å²) in [6, 6.07) is 9.86. The summed E-state index contributed by atoms with van der Waals surface area (Å²) in [5.41, 5.74) is 3.63. The largest absolute Gasteiger partial charge is 0.329 e. The lowest BCUT2D eigenvalue weighted by Crippen LogP contribution is -2.33. The third kappa shape index (κ3) is 4.45. The van der Waals surface area contributed by atoms with E-state index in [-0.39, 0.29) is 11.3 Å². The van der Waals surface area contributed by atoms with Gasteiger partial charge in [-0.1, -0.05) is 17.7 Å². The number of hydrogen-bond acceptors (Lipinski definition) is 3. The molecule has 0 saturated heterocycles. The Morgan fingerprint density at radius 2 is 1.67 bits per heavy atom. The first-order valence-electron chi connectivity index (χ1n) is 7.04. The summed E-state index contributed by atoms with van der Waals surface area (Å²) in [6.45, 7) is 3.32. The molecule has 0 fully saturated rings. The maximum absolute atomic E-state index is 13.6. The topological polar surface area (TPSA) is 70.6 Å². The van der Waals surface area contributed by atoms with Gasteiger partial charge in [0.1, 0.15) is 11.6 Å². The lowest BCUT2D eigenvalue weighted by molar-refractivity contribution is -0.136. The number of carbonyl (C=O) groups excluding carboxylic acids is 2. The van der Waals surface area contributed by atoms with Crippen molar-refractivity contribution in [2.75, 3.05) is 5.32 Å². The number of carbonyl (C=O) groups is 2. The molecule has 0 heterocycles. The average Bonchev–Trinajstić information content (AvgIpc) is 2.54. The SMILES string of the molecule is C/C(=N/NC(=O)C(=O)Nc1ccc(C)cc1)c1ccc(F)cc1F. The Morgan fingerprint density at radius 3 is 2.29 bits per heavy atom. The quantitative estimate of drug-likeness (QED) is 0.516. The number of aryl methyl sites for hydroxylation is 1. The van der Waals surface area contributed by atoms with E-state index in [1.54, 1.807) is 24.3 Å². The van der Waals surface area contributed by atoms with Gasteiger partial charge in [-0.3, -0.25) is 9.59 Å². The number of nitrogens with zero attached hydrogens (tertiary/aromatic N) is 1. The molecule has 0 radical (unpaired) electrons. The Kier molecular flexibility index (Phi) is 5.36. The molecular weight excluding hydrogens is 316 g/mol. The van der Waals surface area contributed by atoms with Crippen LogP contribution in [0.1, 0.15) is 18.1 Å². The van der Waals surface area contributed by atoms with Gasteiger partial charge >= 0.3 is 11.8 Å². The highest BCUT2D eigenvalue weighted by molar-refractivity contribution is 6.39. The fourth-order valence-corrected chi connectivity index (χ4v) is 1.85. The maximum Gasteiger partial charge on any atom is 0.329 e. The van der Waals surface area contributed by atoms with Crippen LogP contribution in [0.5, 0.6) is 0 Å². The van der Waals surface area contributed by atoms with Crippen molar-refractivity contribution in [3.05, 3.63) is 65.2 Å². The summed E-state index contributed by atoms with van der Waals surface area (Å²) in [6.07, 6.45) is 0. The Labute approximate surface area is 137 Å². The smallest absolute Gasteiger partial charge is 0.318 e. The van der Waals surface area contributed by atoms with Gasteiger partial charge in [0.05, 0.1) is 5.71 Å². The van der Waals surface area contributed by atoms with Crippen molar-refractivity contribution in [3.63, 3.8) is 0 Å². The summed E-state index contributed by atoms with van der Waals surface area (Å²) >= 11 is 0. The lowest BCUT2D eigenvalue weighted by atomic mass is 10.1. The number of rotatable bonds is 3. The molecule has 0 saturated carbocycles. The molecule has 2 aromatic carbocycles. The van der Waals surface area contributed by atoms with E-state index in [9.17, 15) is 18.4 Å². The number of benzene rings is 2. The van der Waals surface area contributed by atoms with Crippen LogP contribution in [-0.2, 0) is 9.59 Å². The van der Waals surface area contributed by atoms with Crippen LogP contribution >= 0.6 is 0 Å². The molecule has 2 aromatic rings. The summed E-state index contributed by atoms with van der Waals surface area (Å²) in [5, 5.41) is 6.06. The van der Waals surface area contributed by atoms with Gasteiger partial charge in [0, 0.05) is 17.3 Å². The zero-order chi connectivity index (χ0) is 17.7. The molecule has 0 aliphatic rings. The second-order valence-corrected chi connectivity index (χ2v) is 5.08. The summed E-state index contributed by atoms with van der Waals surface area (Å²) in [4.78, 5) is 23.4. The molecular formula is C17H15F2N3O2. The molecule has 0 aliphatic heterocycles. The van der Waals surface area contributed by atoms with Gasteiger partial charge in [-0.25, -0.2) is 14.2 Å². The van der Waals surface area contributed by atoms with Crippen molar-refractivity contribution in [2.45, 2.75) is 13.8 Å². The van der Waals surface area contributed by atoms with Crippen LogP contribution in [0, 0.1) is 18.6 Å². The van der Waals surface area contributed by atoms with Gasteiger partial charge in [0.2, 0.25) is 0 Å². The average molecular weight is 331 g/mol. The first-order valence-corrected chi connectivity index (χ1v) is 7.04. The van der Waals surface area contributed by atoms with E-state index in [4.69, 9.17) is 0 Å². The van der Waals surface area contributed by atoms with E-state index in [1.165, 1.54) is 13.0 Å². The van der Waals surface area contributed by atoms with E-state index < -0.39 is 23.4 Å². The predicted molar refractivity (Wildman–Crippen MR) is 86.5 cm³/mol. The van der Waals surface area contributed by atoms with E-state index in [2.05, 4.69) is 10.4 Å². The highest BCUT2D eigenvalue weighted by atomic mass is 19.1. The van der Waals surface area contributed by atoms with Gasteiger partial charge in [-0.15, -0.1) is 0 Å². The van der Waals surface area contributed by atoms with Gasteiger partial charge in [0.15, 0.2) is 0 Å². The van der Waals surface area contributed by atoms with Crippen LogP contribution in [0.15, 0.2) is 47.6 Å². The van der Waals surface area contributed by atoms with Gasteiger partial charge in [-0.05, 0) is 38.1 Å². The monoisotopic (exact) mass is 331 g/mol. The molecule has 0 bridgehead atoms. The fraction of sp³-hybridized carbons (Fsp3) is 0.118. The molecule has 124 valence electrons.